The molecule has 1 aliphatic rings. The van der Waals surface area contributed by atoms with Crippen LogP contribution in [0.3, 0.4) is 0 Å². The van der Waals surface area contributed by atoms with E-state index in [2.05, 4.69) is 18.7 Å². The van der Waals surface area contributed by atoms with E-state index in [4.69, 9.17) is 4.74 Å². The van der Waals surface area contributed by atoms with Crippen LogP contribution in [-0.4, -0.2) is 29.5 Å². The fourth-order valence-electron chi connectivity index (χ4n) is 1.76. The topological polar surface area (TPSA) is 29.3 Å². The maximum Gasteiger partial charge on any atom is 0.325 e. The summed E-state index contributed by atoms with van der Waals surface area (Å²) >= 11 is 0. The molecule has 0 N–H and O–H groups in total. The van der Waals surface area contributed by atoms with Crippen molar-refractivity contribution in [3.8, 4) is 0 Å². The predicted octanol–water partition coefficient (Wildman–Crippen LogP) is 1.82. The molecule has 1 aliphatic heterocycles. The van der Waals surface area contributed by atoms with Crippen LogP contribution >= 0.6 is 0 Å². The average Bonchev–Trinajstić information content (AvgIpc) is 3.07. The Labute approximate surface area is 96.0 Å². The number of carbonyl (C=O) groups excluding carboxylic acids is 1. The van der Waals surface area contributed by atoms with Crippen LogP contribution in [0.5, 0.6) is 0 Å². The van der Waals surface area contributed by atoms with Gasteiger partial charge in [-0.3, -0.25) is 9.69 Å². The van der Waals surface area contributed by atoms with Crippen LogP contribution in [0.2, 0.25) is 0 Å². The normalized spacial score (nSPS) is 23.2. The van der Waals surface area contributed by atoms with E-state index < -0.39 is 0 Å². The molecule has 0 radical (unpaired) electrons. The predicted molar refractivity (Wildman–Crippen MR) is 61.9 cm³/mol. The highest BCUT2D eigenvalue weighted by molar-refractivity contribution is 5.79. The van der Waals surface area contributed by atoms with Crippen LogP contribution in [0.4, 0.5) is 0 Å². The van der Waals surface area contributed by atoms with Gasteiger partial charge in [-0.1, -0.05) is 30.3 Å². The smallest absolute Gasteiger partial charge is 0.325 e. The lowest BCUT2D eigenvalue weighted by molar-refractivity contribution is -0.145. The summed E-state index contributed by atoms with van der Waals surface area (Å²) in [5.74, 6) is -0.0995. The average molecular weight is 219 g/mol. The van der Waals surface area contributed by atoms with Gasteiger partial charge in [0.1, 0.15) is 12.6 Å². The molecule has 0 bridgehead atoms. The number of esters is 1. The summed E-state index contributed by atoms with van der Waals surface area (Å²) < 4.78 is 5.25. The van der Waals surface area contributed by atoms with E-state index in [1.807, 2.05) is 30.3 Å². The number of ether oxygens (including phenoxy) is 1. The van der Waals surface area contributed by atoms with Crippen molar-refractivity contribution in [2.45, 2.75) is 32.5 Å². The molecule has 0 amide bonds. The molecule has 86 valence electrons. The molecule has 0 aliphatic carbocycles. The summed E-state index contributed by atoms with van der Waals surface area (Å²) in [6, 6.07) is 10.2. The number of hydrogen-bond donors (Lipinski definition) is 0. The van der Waals surface area contributed by atoms with E-state index in [9.17, 15) is 4.79 Å². The van der Waals surface area contributed by atoms with E-state index in [-0.39, 0.29) is 12.0 Å². The maximum atomic E-state index is 11.6. The number of rotatable bonds is 4. The Morgan fingerprint density at radius 3 is 2.69 bits per heavy atom. The molecular weight excluding hydrogens is 202 g/mol. The van der Waals surface area contributed by atoms with Crippen molar-refractivity contribution >= 4 is 5.97 Å². The van der Waals surface area contributed by atoms with E-state index in [1.54, 1.807) is 0 Å². The second kappa shape index (κ2) is 4.66. The second-order valence-corrected chi connectivity index (χ2v) is 4.40. The molecule has 0 aromatic heterocycles. The maximum absolute atomic E-state index is 11.6. The first-order valence-electron chi connectivity index (χ1n) is 5.65. The summed E-state index contributed by atoms with van der Waals surface area (Å²) in [6.45, 7) is 5.39. The van der Waals surface area contributed by atoms with Gasteiger partial charge in [-0.15, -0.1) is 0 Å². The van der Waals surface area contributed by atoms with Crippen molar-refractivity contribution in [3.05, 3.63) is 35.9 Å². The zero-order valence-corrected chi connectivity index (χ0v) is 9.72. The molecule has 16 heavy (non-hydrogen) atoms. The van der Waals surface area contributed by atoms with Crippen LogP contribution in [-0.2, 0) is 16.1 Å². The zero-order valence-electron chi connectivity index (χ0n) is 9.72. The van der Waals surface area contributed by atoms with Crippen molar-refractivity contribution in [1.82, 2.24) is 4.90 Å². The molecule has 0 spiro atoms. The highest BCUT2D eigenvalue weighted by Crippen LogP contribution is 2.22. The van der Waals surface area contributed by atoms with Crippen LogP contribution in [0.15, 0.2) is 30.3 Å². The molecule has 3 heteroatoms. The van der Waals surface area contributed by atoms with Gasteiger partial charge in [-0.05, 0) is 19.4 Å². The Kier molecular flexibility index (Phi) is 3.25. The number of carbonyl (C=O) groups is 1. The van der Waals surface area contributed by atoms with Crippen LogP contribution in [0.1, 0.15) is 19.4 Å². The Morgan fingerprint density at radius 1 is 1.44 bits per heavy atom. The second-order valence-electron chi connectivity index (χ2n) is 4.40. The lowest BCUT2D eigenvalue weighted by Gasteiger charge is -2.07. The van der Waals surface area contributed by atoms with Crippen molar-refractivity contribution < 1.29 is 9.53 Å². The van der Waals surface area contributed by atoms with Gasteiger partial charge in [0.2, 0.25) is 0 Å². The molecule has 2 unspecified atom stereocenters. The van der Waals surface area contributed by atoms with Crippen LogP contribution in [0.25, 0.3) is 0 Å². The summed E-state index contributed by atoms with van der Waals surface area (Å²) in [7, 11) is 0. The third-order valence-electron chi connectivity index (χ3n) is 2.81. The summed E-state index contributed by atoms with van der Waals surface area (Å²) in [5, 5.41) is 0. The van der Waals surface area contributed by atoms with E-state index in [1.165, 1.54) is 0 Å². The van der Waals surface area contributed by atoms with E-state index >= 15 is 0 Å². The van der Waals surface area contributed by atoms with Crippen molar-refractivity contribution in [2.24, 2.45) is 0 Å². The fourth-order valence-corrected chi connectivity index (χ4v) is 1.76. The largest absolute Gasteiger partial charge is 0.460 e. The van der Waals surface area contributed by atoms with Gasteiger partial charge < -0.3 is 4.74 Å². The first-order valence-corrected chi connectivity index (χ1v) is 5.65. The Balaban J connectivity index is 1.78. The van der Waals surface area contributed by atoms with Gasteiger partial charge in [-0.2, -0.15) is 0 Å². The van der Waals surface area contributed by atoms with Gasteiger partial charge in [-0.25, -0.2) is 0 Å². The lowest BCUT2D eigenvalue weighted by Crippen LogP contribution is -2.20. The fraction of sp³-hybridized carbons (Fsp3) is 0.462. The standard InChI is InChI=1S/C13H17NO2/c1-10(2)14-8-12(14)13(15)16-9-11-6-4-3-5-7-11/h3-7,10,12H,8-9H2,1-2H3. The summed E-state index contributed by atoms with van der Waals surface area (Å²) in [6.07, 6.45) is 0. The molecule has 1 fully saturated rings. The third-order valence-corrected chi connectivity index (χ3v) is 2.81. The summed E-state index contributed by atoms with van der Waals surface area (Å²) in [4.78, 5) is 13.7. The minimum Gasteiger partial charge on any atom is -0.460 e. The highest BCUT2D eigenvalue weighted by Gasteiger charge is 2.43. The molecule has 1 saturated heterocycles. The first kappa shape index (κ1) is 11.1. The van der Waals surface area contributed by atoms with Crippen molar-refractivity contribution in [3.63, 3.8) is 0 Å². The molecule has 0 saturated carbocycles. The van der Waals surface area contributed by atoms with E-state index in [0.717, 1.165) is 12.1 Å². The third kappa shape index (κ3) is 2.61. The molecule has 1 aromatic rings. The van der Waals surface area contributed by atoms with Gasteiger partial charge >= 0.3 is 5.97 Å². The van der Waals surface area contributed by atoms with Crippen molar-refractivity contribution in [1.29, 1.82) is 0 Å². The monoisotopic (exact) mass is 219 g/mol. The number of hydrogen-bond acceptors (Lipinski definition) is 3. The molecular formula is C13H17NO2. The zero-order chi connectivity index (χ0) is 11.5. The number of benzene rings is 1. The van der Waals surface area contributed by atoms with Gasteiger partial charge in [0.05, 0.1) is 0 Å². The SMILES string of the molecule is CC(C)N1CC1C(=O)OCc1ccccc1. The van der Waals surface area contributed by atoms with E-state index in [0.29, 0.717) is 12.6 Å². The van der Waals surface area contributed by atoms with Crippen LogP contribution in [0, 0.1) is 0 Å². The number of nitrogens with zero attached hydrogens (tertiary/aromatic N) is 1. The molecule has 2 atom stereocenters. The minimum atomic E-state index is -0.0995. The van der Waals surface area contributed by atoms with Gasteiger partial charge in [0.15, 0.2) is 0 Å². The molecule has 1 heterocycles. The van der Waals surface area contributed by atoms with Crippen LogP contribution < -0.4 is 0 Å². The Bertz CT molecular complexity index is 361. The summed E-state index contributed by atoms with van der Waals surface area (Å²) in [5.41, 5.74) is 1.03. The van der Waals surface area contributed by atoms with Gasteiger partial charge in [0.25, 0.3) is 0 Å². The van der Waals surface area contributed by atoms with Gasteiger partial charge in [0, 0.05) is 12.6 Å². The van der Waals surface area contributed by atoms with Crippen molar-refractivity contribution in [2.75, 3.05) is 6.54 Å². The quantitative estimate of drug-likeness (QED) is 0.571. The Morgan fingerprint density at radius 2 is 2.12 bits per heavy atom. The lowest BCUT2D eigenvalue weighted by atomic mass is 10.2. The Hall–Kier alpha value is -1.35. The minimum absolute atomic E-state index is 0.0105. The first-order chi connectivity index (χ1) is 7.68. The molecule has 2 rings (SSSR count). The molecule has 3 nitrogen and oxygen atoms in total. The molecule has 1 aromatic carbocycles. The highest BCUT2D eigenvalue weighted by atomic mass is 16.5.